The summed E-state index contributed by atoms with van der Waals surface area (Å²) in [7, 11) is 0. The second kappa shape index (κ2) is 7.27. The Morgan fingerprint density at radius 3 is 2.72 bits per heavy atom. The van der Waals surface area contributed by atoms with Crippen LogP contribution in [0.25, 0.3) is 0 Å². The molecule has 130 valence electrons. The zero-order chi connectivity index (χ0) is 17.8. The number of carbonyl (C=O) groups excluding carboxylic acids is 1. The monoisotopic (exact) mass is 341 g/mol. The van der Waals surface area contributed by atoms with Crippen molar-refractivity contribution in [1.29, 1.82) is 5.26 Å². The summed E-state index contributed by atoms with van der Waals surface area (Å²) in [6, 6.07) is 1.91. The summed E-state index contributed by atoms with van der Waals surface area (Å²) in [5, 5.41) is 15.9. The number of hydrogen-bond donors (Lipinski definition) is 1. The van der Waals surface area contributed by atoms with Gasteiger partial charge in [0, 0.05) is 19.3 Å². The Morgan fingerprint density at radius 2 is 2.08 bits per heavy atom. The zero-order valence-electron chi connectivity index (χ0n) is 14.1. The number of rotatable bonds is 4. The van der Waals surface area contributed by atoms with Gasteiger partial charge >= 0.3 is 0 Å². The van der Waals surface area contributed by atoms with E-state index in [4.69, 9.17) is 10.00 Å². The molecule has 0 radical (unpaired) electrons. The van der Waals surface area contributed by atoms with Crippen LogP contribution in [0, 0.1) is 11.3 Å². The molecule has 9 nitrogen and oxygen atoms in total. The quantitative estimate of drug-likeness (QED) is 0.881. The summed E-state index contributed by atoms with van der Waals surface area (Å²) in [6.07, 6.45) is 6.27. The molecule has 1 aliphatic heterocycles. The van der Waals surface area contributed by atoms with Gasteiger partial charge in [-0.25, -0.2) is 9.97 Å². The maximum absolute atomic E-state index is 12.4. The Kier molecular flexibility index (Phi) is 4.90. The highest BCUT2D eigenvalue weighted by molar-refractivity contribution is 5.76. The van der Waals surface area contributed by atoms with Crippen molar-refractivity contribution in [1.82, 2.24) is 24.6 Å². The second-order valence-corrected chi connectivity index (χ2v) is 6.01. The average molecular weight is 341 g/mol. The van der Waals surface area contributed by atoms with Crippen LogP contribution in [0.4, 0.5) is 11.5 Å². The Morgan fingerprint density at radius 1 is 1.32 bits per heavy atom. The first kappa shape index (κ1) is 16.9. The first-order valence-corrected chi connectivity index (χ1v) is 7.98. The van der Waals surface area contributed by atoms with Crippen molar-refractivity contribution in [2.75, 3.05) is 18.4 Å². The molecule has 1 N–H and O–H groups in total. The summed E-state index contributed by atoms with van der Waals surface area (Å²) in [5.74, 6) is 0.510. The van der Waals surface area contributed by atoms with Crippen LogP contribution in [0.3, 0.4) is 0 Å². The van der Waals surface area contributed by atoms with Crippen LogP contribution in [0.2, 0.25) is 0 Å². The molecular formula is C16H19N7O2. The van der Waals surface area contributed by atoms with Crippen molar-refractivity contribution in [3.05, 3.63) is 30.5 Å². The van der Waals surface area contributed by atoms with Gasteiger partial charge in [0.25, 0.3) is 0 Å². The molecular weight excluding hydrogens is 322 g/mol. The van der Waals surface area contributed by atoms with Gasteiger partial charge < -0.3 is 15.0 Å². The van der Waals surface area contributed by atoms with Crippen molar-refractivity contribution >= 4 is 17.4 Å². The van der Waals surface area contributed by atoms with E-state index < -0.39 is 0 Å². The molecule has 1 aliphatic rings. The Hall–Kier alpha value is -2.99. The molecule has 2 aromatic heterocycles. The van der Waals surface area contributed by atoms with E-state index in [0.717, 1.165) is 0 Å². The lowest BCUT2D eigenvalue weighted by atomic mass is 10.2. The van der Waals surface area contributed by atoms with Gasteiger partial charge in [-0.3, -0.25) is 9.48 Å². The minimum atomic E-state index is 0.00909. The van der Waals surface area contributed by atoms with E-state index in [-0.39, 0.29) is 30.4 Å². The van der Waals surface area contributed by atoms with Gasteiger partial charge in [0.05, 0.1) is 36.5 Å². The molecule has 0 saturated carbocycles. The van der Waals surface area contributed by atoms with E-state index in [9.17, 15) is 4.79 Å². The predicted molar refractivity (Wildman–Crippen MR) is 88.8 cm³/mol. The minimum absolute atomic E-state index is 0.00909. The van der Waals surface area contributed by atoms with E-state index in [2.05, 4.69) is 20.4 Å². The second-order valence-electron chi connectivity index (χ2n) is 6.01. The van der Waals surface area contributed by atoms with Gasteiger partial charge in [-0.15, -0.1) is 0 Å². The first-order valence-electron chi connectivity index (χ1n) is 7.98. The number of ether oxygens (including phenoxy) is 1. The topological polar surface area (TPSA) is 109 Å². The van der Waals surface area contributed by atoms with E-state index in [1.807, 2.05) is 19.9 Å². The third-order valence-corrected chi connectivity index (χ3v) is 3.74. The van der Waals surface area contributed by atoms with Gasteiger partial charge in [-0.05, 0) is 13.8 Å². The van der Waals surface area contributed by atoms with Crippen molar-refractivity contribution in [3.8, 4) is 6.07 Å². The molecule has 1 amide bonds. The fourth-order valence-electron chi connectivity index (χ4n) is 2.73. The molecule has 0 unspecified atom stereocenters. The SMILES string of the molecule is C[C@@H]1CN(C(=O)Cn2cc(Nc3cnc(C#N)cn3)cn2)C[C@@H](C)O1. The van der Waals surface area contributed by atoms with Gasteiger partial charge in [-0.2, -0.15) is 10.4 Å². The lowest BCUT2D eigenvalue weighted by Crippen LogP contribution is -2.49. The van der Waals surface area contributed by atoms with Crippen LogP contribution < -0.4 is 5.32 Å². The standard InChI is InChI=1S/C16H19N7O2/c1-11-7-22(8-12(2)25-11)16(24)10-23-9-14(5-20-23)21-15-6-18-13(3-17)4-19-15/h4-6,9,11-12H,7-8,10H2,1-2H3,(H,19,21)/t11-,12-/m1/s1. The number of aromatic nitrogens is 4. The zero-order valence-corrected chi connectivity index (χ0v) is 14.1. The third kappa shape index (κ3) is 4.30. The number of amides is 1. The van der Waals surface area contributed by atoms with Crippen molar-refractivity contribution in [3.63, 3.8) is 0 Å². The molecule has 2 aromatic rings. The fourth-order valence-corrected chi connectivity index (χ4v) is 2.73. The van der Waals surface area contributed by atoms with Crippen molar-refractivity contribution < 1.29 is 9.53 Å². The molecule has 0 aliphatic carbocycles. The van der Waals surface area contributed by atoms with Gasteiger partial charge in [-0.1, -0.05) is 0 Å². The van der Waals surface area contributed by atoms with Crippen molar-refractivity contribution in [2.45, 2.75) is 32.6 Å². The van der Waals surface area contributed by atoms with E-state index in [0.29, 0.717) is 24.6 Å². The Balaban J connectivity index is 1.59. The van der Waals surface area contributed by atoms with Crippen LogP contribution >= 0.6 is 0 Å². The largest absolute Gasteiger partial charge is 0.372 e. The Labute approximate surface area is 145 Å². The third-order valence-electron chi connectivity index (χ3n) is 3.74. The summed E-state index contributed by atoms with van der Waals surface area (Å²) in [6.45, 7) is 5.28. The molecule has 2 atom stereocenters. The normalized spacial score (nSPS) is 20.1. The maximum Gasteiger partial charge on any atom is 0.244 e. The number of nitriles is 1. The number of nitrogens with zero attached hydrogens (tertiary/aromatic N) is 6. The fraction of sp³-hybridized carbons (Fsp3) is 0.438. The average Bonchev–Trinajstić information content (AvgIpc) is 3.01. The molecule has 9 heteroatoms. The van der Waals surface area contributed by atoms with Crippen LogP contribution in [-0.2, 0) is 16.1 Å². The van der Waals surface area contributed by atoms with E-state index in [1.54, 1.807) is 22.0 Å². The van der Waals surface area contributed by atoms with Crippen LogP contribution in [0.1, 0.15) is 19.5 Å². The van der Waals surface area contributed by atoms with Crippen LogP contribution in [-0.4, -0.2) is 55.9 Å². The van der Waals surface area contributed by atoms with Gasteiger partial charge in [0.2, 0.25) is 5.91 Å². The lowest BCUT2D eigenvalue weighted by Gasteiger charge is -2.35. The molecule has 0 bridgehead atoms. The number of carbonyl (C=O) groups is 1. The summed E-state index contributed by atoms with van der Waals surface area (Å²) >= 11 is 0. The molecule has 1 saturated heterocycles. The van der Waals surface area contributed by atoms with E-state index >= 15 is 0 Å². The van der Waals surface area contributed by atoms with Crippen LogP contribution in [0.5, 0.6) is 0 Å². The predicted octanol–water partition coefficient (Wildman–Crippen LogP) is 0.924. The molecule has 1 fully saturated rings. The summed E-state index contributed by atoms with van der Waals surface area (Å²) in [5.41, 5.74) is 0.941. The molecule has 0 aromatic carbocycles. The highest BCUT2D eigenvalue weighted by atomic mass is 16.5. The molecule has 3 rings (SSSR count). The summed E-state index contributed by atoms with van der Waals surface area (Å²) < 4.78 is 7.22. The summed E-state index contributed by atoms with van der Waals surface area (Å²) in [4.78, 5) is 22.3. The molecule has 25 heavy (non-hydrogen) atoms. The molecule has 3 heterocycles. The number of hydrogen-bond acceptors (Lipinski definition) is 7. The lowest BCUT2D eigenvalue weighted by molar-refractivity contribution is -0.144. The number of morpholine rings is 1. The van der Waals surface area contributed by atoms with Crippen LogP contribution in [0.15, 0.2) is 24.8 Å². The number of anilines is 2. The van der Waals surface area contributed by atoms with Gasteiger partial charge in [0.1, 0.15) is 18.4 Å². The van der Waals surface area contributed by atoms with Crippen molar-refractivity contribution in [2.24, 2.45) is 0 Å². The first-order chi connectivity index (χ1) is 12.0. The Bertz CT molecular complexity index is 771. The highest BCUT2D eigenvalue weighted by Crippen LogP contribution is 2.14. The molecule has 0 spiro atoms. The van der Waals surface area contributed by atoms with Gasteiger partial charge in [0.15, 0.2) is 5.69 Å². The van der Waals surface area contributed by atoms with E-state index in [1.165, 1.54) is 12.4 Å². The minimum Gasteiger partial charge on any atom is -0.372 e. The maximum atomic E-state index is 12.4. The smallest absolute Gasteiger partial charge is 0.244 e. The number of nitrogens with one attached hydrogen (secondary N) is 1. The highest BCUT2D eigenvalue weighted by Gasteiger charge is 2.25.